The van der Waals surface area contributed by atoms with Gasteiger partial charge in [0.25, 0.3) is 0 Å². The van der Waals surface area contributed by atoms with Gasteiger partial charge in [-0.15, -0.1) is 11.3 Å². The molecule has 6 heteroatoms. The fourth-order valence-corrected chi connectivity index (χ4v) is 4.06. The molecule has 0 amide bonds. The molecule has 0 aromatic carbocycles. The minimum absolute atomic E-state index is 0.0419. The van der Waals surface area contributed by atoms with Gasteiger partial charge in [0, 0.05) is 47.4 Å². The van der Waals surface area contributed by atoms with Crippen molar-refractivity contribution in [1.82, 2.24) is 15.5 Å². The second kappa shape index (κ2) is 9.55. The number of thiophene rings is 1. The van der Waals surface area contributed by atoms with Crippen LogP contribution in [0.15, 0.2) is 17.1 Å². The van der Waals surface area contributed by atoms with Gasteiger partial charge in [0.1, 0.15) is 0 Å². The summed E-state index contributed by atoms with van der Waals surface area (Å²) in [5.41, 5.74) is 0.0419. The van der Waals surface area contributed by atoms with Crippen LogP contribution in [-0.4, -0.2) is 61.8 Å². The fraction of sp³-hybridized carbons (Fsp3) is 0.737. The number of rotatable bonds is 7. The minimum atomic E-state index is 0.0419. The first-order valence-corrected chi connectivity index (χ1v) is 10.2. The molecule has 142 valence electrons. The lowest BCUT2D eigenvalue weighted by molar-refractivity contribution is -0.00684. The maximum Gasteiger partial charge on any atom is 0.191 e. The lowest BCUT2D eigenvalue weighted by Gasteiger charge is -2.40. The first-order chi connectivity index (χ1) is 11.9. The average Bonchev–Trinajstić information content (AvgIpc) is 2.98. The summed E-state index contributed by atoms with van der Waals surface area (Å²) in [6, 6.07) is 4.77. The zero-order valence-corrected chi connectivity index (χ0v) is 17.2. The summed E-state index contributed by atoms with van der Waals surface area (Å²) < 4.78 is 5.47. The van der Waals surface area contributed by atoms with Gasteiger partial charge in [0.15, 0.2) is 5.96 Å². The second-order valence-corrected chi connectivity index (χ2v) is 8.74. The van der Waals surface area contributed by atoms with Gasteiger partial charge in [-0.3, -0.25) is 9.89 Å². The number of nitrogens with one attached hydrogen (secondary N) is 2. The van der Waals surface area contributed by atoms with Crippen LogP contribution >= 0.6 is 11.3 Å². The standard InChI is InChI=1S/C19H34N4OS/c1-6-20-18(22-15(2)13-17-8-7-16(3)25-17)21-14-19(4,5)23-9-11-24-12-10-23/h7-8,15H,6,9-14H2,1-5H3,(H2,20,21,22). The minimum Gasteiger partial charge on any atom is -0.379 e. The molecule has 1 unspecified atom stereocenters. The third kappa shape index (κ3) is 6.60. The summed E-state index contributed by atoms with van der Waals surface area (Å²) >= 11 is 1.87. The van der Waals surface area contributed by atoms with Crippen LogP contribution in [0.1, 0.15) is 37.4 Å². The van der Waals surface area contributed by atoms with Crippen LogP contribution in [0.4, 0.5) is 0 Å². The van der Waals surface area contributed by atoms with Crippen LogP contribution in [0, 0.1) is 6.92 Å². The second-order valence-electron chi connectivity index (χ2n) is 7.37. The number of morpholine rings is 1. The van der Waals surface area contributed by atoms with Gasteiger partial charge in [-0.1, -0.05) is 0 Å². The first-order valence-electron chi connectivity index (χ1n) is 9.33. The van der Waals surface area contributed by atoms with Gasteiger partial charge >= 0.3 is 0 Å². The van der Waals surface area contributed by atoms with Crippen LogP contribution in [-0.2, 0) is 11.2 Å². The molecule has 0 radical (unpaired) electrons. The van der Waals surface area contributed by atoms with Crippen LogP contribution in [0.25, 0.3) is 0 Å². The number of aryl methyl sites for hydroxylation is 1. The van der Waals surface area contributed by atoms with Crippen LogP contribution in [0.2, 0.25) is 0 Å². The number of ether oxygens (including phenoxy) is 1. The highest BCUT2D eigenvalue weighted by Crippen LogP contribution is 2.17. The van der Waals surface area contributed by atoms with Crippen molar-refractivity contribution in [2.75, 3.05) is 39.4 Å². The van der Waals surface area contributed by atoms with E-state index in [0.29, 0.717) is 6.04 Å². The zero-order valence-electron chi connectivity index (χ0n) is 16.4. The Morgan fingerprint density at radius 2 is 2.08 bits per heavy atom. The molecule has 25 heavy (non-hydrogen) atoms. The van der Waals surface area contributed by atoms with E-state index in [1.54, 1.807) is 0 Å². The van der Waals surface area contributed by atoms with Crippen molar-refractivity contribution in [3.63, 3.8) is 0 Å². The SMILES string of the molecule is CCNC(=NCC(C)(C)N1CCOCC1)NC(C)Cc1ccc(C)s1. The monoisotopic (exact) mass is 366 g/mol. The number of guanidine groups is 1. The third-order valence-corrected chi connectivity index (χ3v) is 5.54. The van der Waals surface area contributed by atoms with E-state index in [4.69, 9.17) is 9.73 Å². The van der Waals surface area contributed by atoms with E-state index in [1.165, 1.54) is 9.75 Å². The van der Waals surface area contributed by atoms with Crippen molar-refractivity contribution in [1.29, 1.82) is 0 Å². The van der Waals surface area contributed by atoms with E-state index in [0.717, 1.165) is 51.8 Å². The van der Waals surface area contributed by atoms with E-state index in [9.17, 15) is 0 Å². The van der Waals surface area contributed by atoms with Crippen molar-refractivity contribution in [2.45, 2.75) is 52.6 Å². The van der Waals surface area contributed by atoms with Gasteiger partial charge < -0.3 is 15.4 Å². The molecule has 1 fully saturated rings. The Morgan fingerprint density at radius 3 is 2.68 bits per heavy atom. The molecule has 5 nitrogen and oxygen atoms in total. The van der Waals surface area contributed by atoms with E-state index in [1.807, 2.05) is 11.3 Å². The Hall–Kier alpha value is -1.11. The molecule has 1 aromatic rings. The van der Waals surface area contributed by atoms with Crippen molar-refractivity contribution >= 4 is 17.3 Å². The highest BCUT2D eigenvalue weighted by Gasteiger charge is 2.28. The highest BCUT2D eigenvalue weighted by atomic mass is 32.1. The number of aliphatic imine (C=N–C) groups is 1. The van der Waals surface area contributed by atoms with Gasteiger partial charge in [-0.2, -0.15) is 0 Å². The summed E-state index contributed by atoms with van der Waals surface area (Å²) in [4.78, 5) is 10.1. The molecular formula is C19H34N4OS. The largest absolute Gasteiger partial charge is 0.379 e. The predicted octanol–water partition coefficient (Wildman–Crippen LogP) is 2.65. The van der Waals surface area contributed by atoms with Crippen molar-refractivity contribution < 1.29 is 4.74 Å². The summed E-state index contributed by atoms with van der Waals surface area (Å²) in [5.74, 6) is 0.907. The Bertz CT molecular complexity index is 549. The molecule has 1 aromatic heterocycles. The highest BCUT2D eigenvalue weighted by molar-refractivity contribution is 7.11. The van der Waals surface area contributed by atoms with Gasteiger partial charge in [0.05, 0.1) is 19.8 Å². The van der Waals surface area contributed by atoms with Crippen molar-refractivity contribution in [3.05, 3.63) is 21.9 Å². The summed E-state index contributed by atoms with van der Waals surface area (Å²) in [6.45, 7) is 16.3. The topological polar surface area (TPSA) is 48.9 Å². The summed E-state index contributed by atoms with van der Waals surface area (Å²) in [5, 5.41) is 6.93. The third-order valence-electron chi connectivity index (χ3n) is 4.52. The summed E-state index contributed by atoms with van der Waals surface area (Å²) in [7, 11) is 0. The molecule has 1 aliphatic rings. The molecule has 2 rings (SSSR count). The van der Waals surface area contributed by atoms with Crippen LogP contribution in [0.5, 0.6) is 0 Å². The normalized spacial score (nSPS) is 18.2. The zero-order chi connectivity index (χ0) is 18.3. The number of nitrogens with zero attached hydrogens (tertiary/aromatic N) is 2. The van der Waals surface area contributed by atoms with Gasteiger partial charge in [-0.05, 0) is 46.8 Å². The molecule has 1 aliphatic heterocycles. The van der Waals surface area contributed by atoms with E-state index >= 15 is 0 Å². The molecule has 0 aliphatic carbocycles. The number of hydrogen-bond donors (Lipinski definition) is 2. The van der Waals surface area contributed by atoms with E-state index in [2.05, 4.69) is 62.3 Å². The van der Waals surface area contributed by atoms with Crippen LogP contribution < -0.4 is 10.6 Å². The Balaban J connectivity index is 1.92. The van der Waals surface area contributed by atoms with Crippen LogP contribution in [0.3, 0.4) is 0 Å². The molecule has 1 atom stereocenters. The molecule has 0 spiro atoms. The van der Waals surface area contributed by atoms with E-state index < -0.39 is 0 Å². The molecule has 0 bridgehead atoms. The molecular weight excluding hydrogens is 332 g/mol. The maximum absolute atomic E-state index is 5.47. The Morgan fingerprint density at radius 1 is 1.36 bits per heavy atom. The molecule has 1 saturated heterocycles. The fourth-order valence-electron chi connectivity index (χ4n) is 3.04. The van der Waals surface area contributed by atoms with Crippen molar-refractivity contribution in [3.8, 4) is 0 Å². The van der Waals surface area contributed by atoms with Crippen molar-refractivity contribution in [2.24, 2.45) is 4.99 Å². The molecule has 0 saturated carbocycles. The Kier molecular flexibility index (Phi) is 7.72. The summed E-state index contributed by atoms with van der Waals surface area (Å²) in [6.07, 6.45) is 1.02. The first kappa shape index (κ1) is 20.2. The quantitative estimate of drug-likeness (QED) is 0.575. The maximum atomic E-state index is 5.47. The van der Waals surface area contributed by atoms with Gasteiger partial charge in [-0.25, -0.2) is 0 Å². The number of hydrogen-bond acceptors (Lipinski definition) is 4. The predicted molar refractivity (Wildman–Crippen MR) is 108 cm³/mol. The van der Waals surface area contributed by atoms with E-state index in [-0.39, 0.29) is 5.54 Å². The van der Waals surface area contributed by atoms with Gasteiger partial charge in [0.2, 0.25) is 0 Å². The average molecular weight is 367 g/mol. The molecule has 2 heterocycles. The Labute approximate surface area is 156 Å². The molecule has 2 N–H and O–H groups in total. The smallest absolute Gasteiger partial charge is 0.191 e. The lowest BCUT2D eigenvalue weighted by Crippen LogP contribution is -2.52. The lowest BCUT2D eigenvalue weighted by atomic mass is 10.0.